The Hall–Kier alpha value is -2.82. The molecule has 1 N–H and O–H groups in total. The molecule has 0 saturated carbocycles. The van der Waals surface area contributed by atoms with Crippen molar-refractivity contribution in [2.75, 3.05) is 0 Å². The summed E-state index contributed by atoms with van der Waals surface area (Å²) in [6.45, 7) is 4.81. The van der Waals surface area contributed by atoms with Gasteiger partial charge in [0, 0.05) is 0 Å². The molecule has 0 aliphatic carbocycles. The van der Waals surface area contributed by atoms with Crippen LogP contribution in [-0.2, 0) is 15.1 Å². The number of amides is 1. The largest absolute Gasteiger partial charge is 0.548 e. The average molecular weight is 326 g/mol. The lowest BCUT2D eigenvalue weighted by atomic mass is 9.95. The van der Waals surface area contributed by atoms with Crippen molar-refractivity contribution in [3.63, 3.8) is 0 Å². The molecule has 24 heavy (non-hydrogen) atoms. The number of carbonyl (C=O) groups excluding carboxylic acids is 2. The fraction of sp³-hybridized carbons (Fsp3) is 0.263. The standard InChI is InChI=1S/C19H21NO4/c1-13(17(21)22)20-18(23)24-19(2,3)16-11-9-15(10-12-16)14-7-5-4-6-8-14/h4-13H,1-3H3,(H,20,23)(H,21,22)/p-1/t13-/m0/s1. The van der Waals surface area contributed by atoms with Crippen LogP contribution < -0.4 is 10.4 Å². The highest BCUT2D eigenvalue weighted by molar-refractivity contribution is 5.78. The third-order valence-electron chi connectivity index (χ3n) is 3.72. The lowest BCUT2D eigenvalue weighted by molar-refractivity contribution is -0.307. The average Bonchev–Trinajstić information content (AvgIpc) is 2.55. The predicted octanol–water partition coefficient (Wildman–Crippen LogP) is 2.45. The van der Waals surface area contributed by atoms with Crippen molar-refractivity contribution in [2.45, 2.75) is 32.4 Å². The van der Waals surface area contributed by atoms with E-state index in [-0.39, 0.29) is 0 Å². The molecule has 0 unspecified atom stereocenters. The van der Waals surface area contributed by atoms with Gasteiger partial charge in [0.2, 0.25) is 0 Å². The van der Waals surface area contributed by atoms with E-state index in [0.717, 1.165) is 16.7 Å². The van der Waals surface area contributed by atoms with Crippen molar-refractivity contribution in [1.82, 2.24) is 5.32 Å². The zero-order valence-corrected chi connectivity index (χ0v) is 13.9. The molecule has 0 aliphatic heterocycles. The fourth-order valence-corrected chi connectivity index (χ4v) is 2.25. The van der Waals surface area contributed by atoms with Gasteiger partial charge in [0.1, 0.15) is 5.60 Å². The summed E-state index contributed by atoms with van der Waals surface area (Å²) < 4.78 is 5.35. The van der Waals surface area contributed by atoms with Crippen molar-refractivity contribution in [2.24, 2.45) is 0 Å². The van der Waals surface area contributed by atoms with Gasteiger partial charge in [0.25, 0.3) is 0 Å². The van der Waals surface area contributed by atoms with Gasteiger partial charge in [-0.05, 0) is 37.5 Å². The first-order valence-corrected chi connectivity index (χ1v) is 7.66. The van der Waals surface area contributed by atoms with Crippen LogP contribution >= 0.6 is 0 Å². The number of hydrogen-bond acceptors (Lipinski definition) is 4. The molecule has 0 aromatic heterocycles. The minimum atomic E-state index is -1.36. The van der Waals surface area contributed by atoms with Crippen molar-refractivity contribution in [3.8, 4) is 11.1 Å². The summed E-state index contributed by atoms with van der Waals surface area (Å²) in [6, 6.07) is 16.5. The van der Waals surface area contributed by atoms with Crippen LogP contribution in [-0.4, -0.2) is 18.1 Å². The molecule has 2 aromatic rings. The van der Waals surface area contributed by atoms with Crippen molar-refractivity contribution in [3.05, 3.63) is 60.2 Å². The van der Waals surface area contributed by atoms with Gasteiger partial charge >= 0.3 is 6.09 Å². The molecule has 2 aromatic carbocycles. The van der Waals surface area contributed by atoms with Crippen molar-refractivity contribution < 1.29 is 19.4 Å². The number of carbonyl (C=O) groups is 2. The zero-order chi connectivity index (χ0) is 17.7. The molecule has 5 heteroatoms. The number of aliphatic carboxylic acids is 1. The molecule has 126 valence electrons. The van der Waals surface area contributed by atoms with E-state index in [2.05, 4.69) is 5.32 Å². The molecule has 0 spiro atoms. The molecule has 1 atom stereocenters. The second-order valence-electron chi connectivity index (χ2n) is 6.03. The number of carboxylic acid groups (broad SMARTS) is 1. The molecule has 0 radical (unpaired) electrons. The first kappa shape index (κ1) is 17.5. The first-order valence-electron chi connectivity index (χ1n) is 7.66. The van der Waals surface area contributed by atoms with Gasteiger partial charge in [0.15, 0.2) is 0 Å². The molecule has 5 nitrogen and oxygen atoms in total. The number of benzene rings is 2. The second kappa shape index (κ2) is 7.17. The van der Waals surface area contributed by atoms with Crippen LogP contribution in [0.2, 0.25) is 0 Å². The van der Waals surface area contributed by atoms with Gasteiger partial charge in [-0.15, -0.1) is 0 Å². The topological polar surface area (TPSA) is 78.5 Å². The van der Waals surface area contributed by atoms with Crippen molar-refractivity contribution in [1.29, 1.82) is 0 Å². The zero-order valence-electron chi connectivity index (χ0n) is 13.9. The first-order chi connectivity index (χ1) is 11.3. The second-order valence-corrected chi connectivity index (χ2v) is 6.03. The van der Waals surface area contributed by atoms with Crippen LogP contribution in [0.1, 0.15) is 26.3 Å². The highest BCUT2D eigenvalue weighted by Crippen LogP contribution is 2.27. The SMILES string of the molecule is C[C@H](NC(=O)OC(C)(C)c1ccc(-c2ccccc2)cc1)C(=O)[O-]. The monoisotopic (exact) mass is 326 g/mol. The number of ether oxygens (including phenoxy) is 1. The van der Waals surface area contributed by atoms with E-state index in [1.165, 1.54) is 6.92 Å². The highest BCUT2D eigenvalue weighted by atomic mass is 16.6. The van der Waals surface area contributed by atoms with E-state index in [1.54, 1.807) is 13.8 Å². The van der Waals surface area contributed by atoms with E-state index in [1.807, 2.05) is 54.6 Å². The Morgan fingerprint density at radius 2 is 1.54 bits per heavy atom. The van der Waals surface area contributed by atoms with Gasteiger partial charge in [-0.3, -0.25) is 0 Å². The van der Waals surface area contributed by atoms with E-state index >= 15 is 0 Å². The smallest absolute Gasteiger partial charge is 0.408 e. The fourth-order valence-electron chi connectivity index (χ4n) is 2.25. The van der Waals surface area contributed by atoms with Crippen molar-refractivity contribution >= 4 is 12.1 Å². The minimum Gasteiger partial charge on any atom is -0.548 e. The number of nitrogens with one attached hydrogen (secondary N) is 1. The maximum atomic E-state index is 11.8. The number of alkyl carbamates (subject to hydrolysis) is 1. The predicted molar refractivity (Wildman–Crippen MR) is 89.0 cm³/mol. The van der Waals surface area contributed by atoms with Gasteiger partial charge in [-0.1, -0.05) is 54.6 Å². The van der Waals surface area contributed by atoms with Crippen LogP contribution in [0.15, 0.2) is 54.6 Å². The number of hydrogen-bond donors (Lipinski definition) is 1. The summed E-state index contributed by atoms with van der Waals surface area (Å²) in [7, 11) is 0. The maximum Gasteiger partial charge on any atom is 0.408 e. The Balaban J connectivity index is 2.09. The molecular weight excluding hydrogens is 306 g/mol. The highest BCUT2D eigenvalue weighted by Gasteiger charge is 2.26. The molecule has 0 fully saturated rings. The number of carboxylic acids is 1. The third-order valence-corrected chi connectivity index (χ3v) is 3.72. The normalized spacial score (nSPS) is 12.3. The maximum absolute atomic E-state index is 11.8. The molecule has 0 saturated heterocycles. The molecule has 0 bridgehead atoms. The summed E-state index contributed by atoms with van der Waals surface area (Å²) in [5.41, 5.74) is 2.07. The Bertz CT molecular complexity index is 708. The molecule has 0 aliphatic rings. The van der Waals surface area contributed by atoms with E-state index < -0.39 is 23.7 Å². The van der Waals surface area contributed by atoms with E-state index in [4.69, 9.17) is 4.74 Å². The van der Waals surface area contributed by atoms with Gasteiger partial charge in [0.05, 0.1) is 12.0 Å². The molecular formula is C19H20NO4-. The van der Waals surface area contributed by atoms with Crippen LogP contribution in [0.25, 0.3) is 11.1 Å². The lowest BCUT2D eigenvalue weighted by Crippen LogP contribution is -2.47. The third kappa shape index (κ3) is 4.35. The summed E-state index contributed by atoms with van der Waals surface area (Å²) in [5.74, 6) is -1.36. The summed E-state index contributed by atoms with van der Waals surface area (Å²) in [4.78, 5) is 22.5. The van der Waals surface area contributed by atoms with Crippen LogP contribution in [0, 0.1) is 0 Å². The van der Waals surface area contributed by atoms with Crippen LogP contribution in [0.5, 0.6) is 0 Å². The van der Waals surface area contributed by atoms with E-state index in [9.17, 15) is 14.7 Å². The van der Waals surface area contributed by atoms with Gasteiger partial charge in [-0.2, -0.15) is 0 Å². The van der Waals surface area contributed by atoms with Gasteiger partial charge < -0.3 is 20.0 Å². The number of rotatable bonds is 5. The van der Waals surface area contributed by atoms with Crippen LogP contribution in [0.4, 0.5) is 4.79 Å². The molecule has 1 amide bonds. The van der Waals surface area contributed by atoms with Gasteiger partial charge in [-0.25, -0.2) is 4.79 Å². The Labute approximate surface area is 141 Å². The Morgan fingerprint density at radius 3 is 2.08 bits per heavy atom. The Morgan fingerprint density at radius 1 is 1.00 bits per heavy atom. The lowest BCUT2D eigenvalue weighted by Gasteiger charge is -2.27. The van der Waals surface area contributed by atoms with E-state index in [0.29, 0.717) is 0 Å². The summed E-state index contributed by atoms with van der Waals surface area (Å²) in [6.07, 6.45) is -0.802. The van der Waals surface area contributed by atoms with Crippen LogP contribution in [0.3, 0.4) is 0 Å². The quantitative estimate of drug-likeness (QED) is 0.915. The summed E-state index contributed by atoms with van der Waals surface area (Å²) in [5, 5.41) is 12.9. The summed E-state index contributed by atoms with van der Waals surface area (Å²) >= 11 is 0. The molecule has 0 heterocycles. The Kier molecular flexibility index (Phi) is 5.24. The molecule has 2 rings (SSSR count). The minimum absolute atomic E-state index is 0.802.